The number of nitrogen functional groups attached to an aromatic ring is 1. The van der Waals surface area contributed by atoms with Crippen molar-refractivity contribution in [3.63, 3.8) is 0 Å². The smallest absolute Gasteiger partial charge is 0.344 e. The van der Waals surface area contributed by atoms with Crippen molar-refractivity contribution >= 4 is 28.5 Å². The fourth-order valence-corrected chi connectivity index (χ4v) is 2.53. The summed E-state index contributed by atoms with van der Waals surface area (Å²) in [7, 11) is 0. The number of ether oxygens (including phenoxy) is 1. The summed E-state index contributed by atoms with van der Waals surface area (Å²) < 4.78 is 5.11. The van der Waals surface area contributed by atoms with Crippen LogP contribution in [0.3, 0.4) is 0 Å². The zero-order valence-electron chi connectivity index (χ0n) is 14.1. The first-order chi connectivity index (χ1) is 11.6. The fraction of sp³-hybridized carbons (Fsp3) is 0.471. The second-order valence-electron chi connectivity index (χ2n) is 5.50. The van der Waals surface area contributed by atoms with Gasteiger partial charge in [-0.05, 0) is 25.5 Å². The molecule has 2 heterocycles. The van der Waals surface area contributed by atoms with Gasteiger partial charge in [-0.3, -0.25) is 4.98 Å². The molecule has 2 aromatic heterocycles. The summed E-state index contributed by atoms with van der Waals surface area (Å²) in [6.07, 6.45) is 4.37. The van der Waals surface area contributed by atoms with Crippen LogP contribution in [0.4, 0.5) is 11.5 Å². The topological polar surface area (TPSA) is 110 Å². The maximum absolute atomic E-state index is 12.3. The first kappa shape index (κ1) is 17.9. The lowest BCUT2D eigenvalue weighted by atomic mass is 10.1. The van der Waals surface area contributed by atoms with Crippen molar-refractivity contribution < 1.29 is 14.6 Å². The summed E-state index contributed by atoms with van der Waals surface area (Å²) in [5, 5.41) is 12.9. The number of carbonyl (C=O) groups is 1. The van der Waals surface area contributed by atoms with Gasteiger partial charge in [-0.25, -0.2) is 9.78 Å². The van der Waals surface area contributed by atoms with E-state index >= 15 is 0 Å². The molecule has 0 aliphatic rings. The summed E-state index contributed by atoms with van der Waals surface area (Å²) in [4.78, 5) is 20.9. The highest BCUT2D eigenvalue weighted by molar-refractivity contribution is 6.07. The molecule has 1 atom stereocenters. The van der Waals surface area contributed by atoms with E-state index in [1.165, 1.54) is 0 Å². The maximum Gasteiger partial charge on any atom is 0.344 e. The van der Waals surface area contributed by atoms with Gasteiger partial charge in [0.2, 0.25) is 0 Å². The SMILES string of the molecule is CCCC[C@@H](CO)Nc1c(C(=O)OCC)c(N)nc2cccnc12. The molecule has 2 rings (SSSR count). The Morgan fingerprint density at radius 2 is 2.25 bits per heavy atom. The first-order valence-corrected chi connectivity index (χ1v) is 8.21. The van der Waals surface area contributed by atoms with Crippen LogP contribution in [-0.4, -0.2) is 40.3 Å². The fourth-order valence-electron chi connectivity index (χ4n) is 2.53. The van der Waals surface area contributed by atoms with Gasteiger partial charge in [-0.15, -0.1) is 0 Å². The molecular weight excluding hydrogens is 308 g/mol. The lowest BCUT2D eigenvalue weighted by molar-refractivity contribution is 0.0528. The molecule has 0 spiro atoms. The number of fused-ring (bicyclic) bond motifs is 1. The number of pyridine rings is 2. The Bertz CT molecular complexity index is 706. The minimum absolute atomic E-state index is 0.0567. The number of nitrogens with two attached hydrogens (primary N) is 1. The van der Waals surface area contributed by atoms with E-state index < -0.39 is 5.97 Å². The Morgan fingerprint density at radius 1 is 1.46 bits per heavy atom. The summed E-state index contributed by atoms with van der Waals surface area (Å²) in [5.41, 5.74) is 7.74. The molecule has 0 amide bonds. The lowest BCUT2D eigenvalue weighted by Crippen LogP contribution is -2.26. The van der Waals surface area contributed by atoms with E-state index in [4.69, 9.17) is 10.5 Å². The van der Waals surface area contributed by atoms with Crippen LogP contribution in [0.2, 0.25) is 0 Å². The van der Waals surface area contributed by atoms with E-state index in [1.807, 2.05) is 0 Å². The predicted molar refractivity (Wildman–Crippen MR) is 93.9 cm³/mol. The minimum atomic E-state index is -0.551. The molecular formula is C17H24N4O3. The third-order valence-electron chi connectivity index (χ3n) is 3.72. The van der Waals surface area contributed by atoms with E-state index in [0.29, 0.717) is 16.7 Å². The molecule has 0 saturated carbocycles. The number of hydrogen-bond acceptors (Lipinski definition) is 7. The number of aliphatic hydroxyl groups excluding tert-OH is 1. The first-order valence-electron chi connectivity index (χ1n) is 8.21. The molecule has 0 aromatic carbocycles. The molecule has 7 heteroatoms. The average molecular weight is 332 g/mol. The molecule has 130 valence electrons. The summed E-state index contributed by atoms with van der Waals surface area (Å²) in [6, 6.07) is 3.33. The van der Waals surface area contributed by atoms with Crippen LogP contribution in [0, 0.1) is 0 Å². The predicted octanol–water partition coefficient (Wildman–Crippen LogP) is 2.35. The van der Waals surface area contributed by atoms with Crippen molar-refractivity contribution in [2.45, 2.75) is 39.2 Å². The van der Waals surface area contributed by atoms with Crippen LogP contribution in [0.25, 0.3) is 11.0 Å². The number of aromatic nitrogens is 2. The number of anilines is 2. The number of unbranched alkanes of at least 4 members (excludes halogenated alkanes) is 1. The van der Waals surface area contributed by atoms with Gasteiger partial charge >= 0.3 is 5.97 Å². The van der Waals surface area contributed by atoms with Crippen LogP contribution in [0.15, 0.2) is 18.3 Å². The Morgan fingerprint density at radius 3 is 2.92 bits per heavy atom. The van der Waals surface area contributed by atoms with Crippen LogP contribution in [-0.2, 0) is 4.74 Å². The largest absolute Gasteiger partial charge is 0.462 e. The van der Waals surface area contributed by atoms with E-state index in [2.05, 4.69) is 22.2 Å². The Labute approximate surface area is 141 Å². The minimum Gasteiger partial charge on any atom is -0.462 e. The third kappa shape index (κ3) is 3.91. The maximum atomic E-state index is 12.3. The quantitative estimate of drug-likeness (QED) is 0.636. The number of rotatable bonds is 8. The highest BCUT2D eigenvalue weighted by Gasteiger charge is 2.23. The van der Waals surface area contributed by atoms with E-state index in [-0.39, 0.29) is 30.6 Å². The summed E-state index contributed by atoms with van der Waals surface area (Å²) >= 11 is 0. The van der Waals surface area contributed by atoms with Crippen molar-refractivity contribution in [2.24, 2.45) is 0 Å². The van der Waals surface area contributed by atoms with E-state index in [0.717, 1.165) is 19.3 Å². The van der Waals surface area contributed by atoms with Crippen molar-refractivity contribution in [1.29, 1.82) is 0 Å². The Hall–Kier alpha value is -2.41. The van der Waals surface area contributed by atoms with Gasteiger partial charge in [0.25, 0.3) is 0 Å². The van der Waals surface area contributed by atoms with E-state index in [9.17, 15) is 9.90 Å². The molecule has 0 bridgehead atoms. The molecule has 0 aliphatic heterocycles. The number of nitrogens with one attached hydrogen (secondary N) is 1. The van der Waals surface area contributed by atoms with Crippen LogP contribution >= 0.6 is 0 Å². The molecule has 0 saturated heterocycles. The normalized spacial score (nSPS) is 12.1. The third-order valence-corrected chi connectivity index (χ3v) is 3.72. The van der Waals surface area contributed by atoms with Crippen molar-refractivity contribution in [3.8, 4) is 0 Å². The lowest BCUT2D eigenvalue weighted by Gasteiger charge is -2.21. The summed E-state index contributed by atoms with van der Waals surface area (Å²) in [5.74, 6) is -0.464. The van der Waals surface area contributed by atoms with Gasteiger partial charge in [0, 0.05) is 12.2 Å². The van der Waals surface area contributed by atoms with E-state index in [1.54, 1.807) is 25.3 Å². The van der Waals surface area contributed by atoms with Gasteiger partial charge < -0.3 is 20.9 Å². The highest BCUT2D eigenvalue weighted by atomic mass is 16.5. The van der Waals surface area contributed by atoms with Gasteiger partial charge in [0.05, 0.1) is 24.4 Å². The molecule has 24 heavy (non-hydrogen) atoms. The Balaban J connectivity index is 2.53. The van der Waals surface area contributed by atoms with Gasteiger partial charge in [-0.1, -0.05) is 19.8 Å². The van der Waals surface area contributed by atoms with Crippen LogP contribution in [0.5, 0.6) is 0 Å². The second kappa shape index (κ2) is 8.44. The molecule has 2 aromatic rings. The van der Waals surface area contributed by atoms with Gasteiger partial charge in [-0.2, -0.15) is 0 Å². The average Bonchev–Trinajstić information content (AvgIpc) is 2.58. The van der Waals surface area contributed by atoms with Crippen molar-refractivity contribution in [1.82, 2.24) is 9.97 Å². The van der Waals surface area contributed by atoms with Crippen LogP contribution < -0.4 is 11.1 Å². The van der Waals surface area contributed by atoms with Crippen LogP contribution in [0.1, 0.15) is 43.5 Å². The molecule has 7 nitrogen and oxygen atoms in total. The number of esters is 1. The second-order valence-corrected chi connectivity index (χ2v) is 5.50. The van der Waals surface area contributed by atoms with Crippen molar-refractivity contribution in [3.05, 3.63) is 23.9 Å². The Kier molecular flexibility index (Phi) is 6.31. The molecule has 0 fully saturated rings. The van der Waals surface area contributed by atoms with Gasteiger partial charge in [0.1, 0.15) is 16.9 Å². The number of carbonyl (C=O) groups excluding carboxylic acids is 1. The monoisotopic (exact) mass is 332 g/mol. The molecule has 0 unspecified atom stereocenters. The summed E-state index contributed by atoms with van der Waals surface area (Å²) in [6.45, 7) is 3.99. The van der Waals surface area contributed by atoms with Crippen molar-refractivity contribution in [2.75, 3.05) is 24.3 Å². The standard InChI is InChI=1S/C17H24N4O3/c1-3-5-7-11(10-22)20-15-13(17(23)24-4-2)16(18)21-12-8-6-9-19-14(12)15/h6,8-9,11,22H,3-5,7,10H2,1-2H3,(H3,18,20,21)/t11-/m0/s1. The molecule has 0 aliphatic carbocycles. The van der Waals surface area contributed by atoms with Gasteiger partial charge in [0.15, 0.2) is 0 Å². The zero-order chi connectivity index (χ0) is 17.5. The molecule has 0 radical (unpaired) electrons. The number of hydrogen-bond donors (Lipinski definition) is 3. The zero-order valence-corrected chi connectivity index (χ0v) is 14.1. The number of aliphatic hydroxyl groups is 1. The number of nitrogens with zero attached hydrogens (tertiary/aromatic N) is 2. The molecule has 4 N–H and O–H groups in total. The highest BCUT2D eigenvalue weighted by Crippen LogP contribution is 2.30.